The summed E-state index contributed by atoms with van der Waals surface area (Å²) >= 11 is 0. The van der Waals surface area contributed by atoms with Gasteiger partial charge in [0.2, 0.25) is 0 Å². The van der Waals surface area contributed by atoms with E-state index in [9.17, 15) is 0 Å². The number of furan rings is 3. The Morgan fingerprint density at radius 1 is 0.292 bits per heavy atom. The lowest BCUT2D eigenvalue weighted by molar-refractivity contribution is 0.664. The number of hydrogen-bond donors (Lipinski definition) is 0. The van der Waals surface area contributed by atoms with E-state index < -0.39 is 0 Å². The minimum atomic E-state index is 0.760. The highest BCUT2D eigenvalue weighted by molar-refractivity contribution is 6.25. The Kier molecular flexibility index (Phi) is 9.05. The standard InChI is InChI=1S/C68H43NO3/c1-2-17-42(18-3-1)43-22-14-24-48(39-43)69(59-32-16-30-55-53-28-10-12-33-60(53)71-67(55)59)49-35-36-54-58-41-63-65(56-29-11-13-34-61(56)70-63)66(68(58)72-62(54)40-49)57-31-15-23-47-38-45-20-5-8-26-51(45)50-25-7-4-19-44(50)37-46-21-6-9-27-52(46)64(47)57/h1-36,39-41H,37-38H2. The Bertz CT molecular complexity index is 4470. The third-order valence-corrected chi connectivity index (χ3v) is 15.0. The van der Waals surface area contributed by atoms with Crippen LogP contribution >= 0.6 is 0 Å². The van der Waals surface area contributed by atoms with Crippen molar-refractivity contribution in [3.05, 3.63) is 259 Å². The molecule has 14 aromatic rings. The normalized spacial score (nSPS) is 12.3. The highest BCUT2D eigenvalue weighted by atomic mass is 16.3. The molecule has 0 amide bonds. The van der Waals surface area contributed by atoms with E-state index in [0.717, 1.165) is 118 Å². The van der Waals surface area contributed by atoms with Crippen LogP contribution in [0.15, 0.2) is 250 Å². The van der Waals surface area contributed by atoms with Crippen LogP contribution in [-0.4, -0.2) is 0 Å². The SMILES string of the molecule is c1ccc(-c2cccc(N(c3ccc4c(c3)oc3c(-c5cccc6c5-c5ccccc5Cc5ccccc5-c5ccccc5C6)c5c(cc34)oc3ccccc35)c3cccc4c3oc3ccccc34)c2)cc1. The summed E-state index contributed by atoms with van der Waals surface area (Å²) in [4.78, 5) is 2.31. The van der Waals surface area contributed by atoms with Gasteiger partial charge in [0.25, 0.3) is 0 Å². The van der Waals surface area contributed by atoms with E-state index in [0.29, 0.717) is 0 Å². The zero-order valence-electron chi connectivity index (χ0n) is 39.1. The maximum atomic E-state index is 7.45. The van der Waals surface area contributed by atoms with Crippen molar-refractivity contribution in [1.82, 2.24) is 0 Å². The second kappa shape index (κ2) is 16.1. The smallest absolute Gasteiger partial charge is 0.159 e. The molecular weight excluding hydrogens is 879 g/mol. The molecule has 0 atom stereocenters. The summed E-state index contributed by atoms with van der Waals surface area (Å²) in [5, 5.41) is 6.26. The van der Waals surface area contributed by atoms with Gasteiger partial charge in [0.1, 0.15) is 27.9 Å². The Morgan fingerprint density at radius 2 is 0.847 bits per heavy atom. The van der Waals surface area contributed by atoms with E-state index in [1.54, 1.807) is 0 Å². The van der Waals surface area contributed by atoms with Crippen molar-refractivity contribution in [2.45, 2.75) is 12.8 Å². The molecule has 11 aromatic carbocycles. The van der Waals surface area contributed by atoms with E-state index in [4.69, 9.17) is 13.3 Å². The van der Waals surface area contributed by atoms with Crippen LogP contribution in [0.2, 0.25) is 0 Å². The van der Waals surface area contributed by atoms with Crippen molar-refractivity contribution in [2.24, 2.45) is 0 Å². The first kappa shape index (κ1) is 40.5. The summed E-state index contributed by atoms with van der Waals surface area (Å²) < 4.78 is 21.1. The van der Waals surface area contributed by atoms with Gasteiger partial charge in [-0.1, -0.05) is 182 Å². The van der Waals surface area contributed by atoms with Crippen molar-refractivity contribution in [2.75, 3.05) is 4.90 Å². The molecule has 0 saturated heterocycles. The van der Waals surface area contributed by atoms with Crippen LogP contribution in [-0.2, 0) is 12.8 Å². The fraction of sp³-hybridized carbons (Fsp3) is 0.0294. The highest BCUT2D eigenvalue weighted by Crippen LogP contribution is 2.51. The summed E-state index contributed by atoms with van der Waals surface area (Å²) in [5.74, 6) is 0. The molecule has 15 rings (SSSR count). The van der Waals surface area contributed by atoms with Gasteiger partial charge in [-0.2, -0.15) is 0 Å². The quantitative estimate of drug-likeness (QED) is 0.172. The molecule has 4 heteroatoms. The van der Waals surface area contributed by atoms with Gasteiger partial charge in [-0.25, -0.2) is 0 Å². The van der Waals surface area contributed by atoms with Gasteiger partial charge in [-0.05, 0) is 123 Å². The third-order valence-electron chi connectivity index (χ3n) is 15.0. The predicted octanol–water partition coefficient (Wildman–Crippen LogP) is 19.0. The second-order valence-corrected chi connectivity index (χ2v) is 19.1. The Balaban J connectivity index is 0.996. The molecule has 1 aliphatic carbocycles. The van der Waals surface area contributed by atoms with E-state index in [2.05, 4.69) is 229 Å². The zero-order chi connectivity index (χ0) is 47.3. The van der Waals surface area contributed by atoms with Crippen LogP contribution in [0.1, 0.15) is 22.3 Å². The number of rotatable bonds is 5. The van der Waals surface area contributed by atoms with Gasteiger partial charge in [0.15, 0.2) is 5.58 Å². The lowest BCUT2D eigenvalue weighted by Gasteiger charge is -2.26. The van der Waals surface area contributed by atoms with Gasteiger partial charge in [-0.15, -0.1) is 0 Å². The van der Waals surface area contributed by atoms with E-state index in [1.807, 2.05) is 12.1 Å². The third kappa shape index (κ3) is 6.32. The largest absolute Gasteiger partial charge is 0.456 e. The number of para-hydroxylation sites is 3. The van der Waals surface area contributed by atoms with Crippen LogP contribution < -0.4 is 4.90 Å². The minimum Gasteiger partial charge on any atom is -0.456 e. The molecule has 0 unspecified atom stereocenters. The molecule has 0 N–H and O–H groups in total. The van der Waals surface area contributed by atoms with Gasteiger partial charge < -0.3 is 18.2 Å². The molecule has 3 heterocycles. The summed E-state index contributed by atoms with van der Waals surface area (Å²) in [6, 6.07) is 84.9. The molecule has 72 heavy (non-hydrogen) atoms. The van der Waals surface area contributed by atoms with E-state index >= 15 is 0 Å². The van der Waals surface area contributed by atoms with Crippen molar-refractivity contribution >= 4 is 82.9 Å². The van der Waals surface area contributed by atoms with Gasteiger partial charge in [-0.3, -0.25) is 0 Å². The van der Waals surface area contributed by atoms with Crippen molar-refractivity contribution in [1.29, 1.82) is 0 Å². The van der Waals surface area contributed by atoms with Crippen LogP contribution in [0.3, 0.4) is 0 Å². The lowest BCUT2D eigenvalue weighted by Crippen LogP contribution is -2.10. The summed E-state index contributed by atoms with van der Waals surface area (Å²) in [6.45, 7) is 0. The molecule has 338 valence electrons. The minimum absolute atomic E-state index is 0.760. The zero-order valence-corrected chi connectivity index (χ0v) is 39.1. The molecule has 0 radical (unpaired) electrons. The molecule has 0 fully saturated rings. The van der Waals surface area contributed by atoms with Crippen LogP contribution in [0.5, 0.6) is 0 Å². The molecule has 0 aliphatic heterocycles. The van der Waals surface area contributed by atoms with Crippen molar-refractivity contribution < 1.29 is 13.3 Å². The maximum Gasteiger partial charge on any atom is 0.159 e. The van der Waals surface area contributed by atoms with Crippen molar-refractivity contribution in [3.63, 3.8) is 0 Å². The van der Waals surface area contributed by atoms with Crippen molar-refractivity contribution in [3.8, 4) is 44.5 Å². The average Bonchev–Trinajstić information content (AvgIpc) is 4.13. The number of hydrogen-bond acceptors (Lipinski definition) is 4. The van der Waals surface area contributed by atoms with Gasteiger partial charge in [0.05, 0.1) is 11.4 Å². The molecule has 0 saturated carbocycles. The van der Waals surface area contributed by atoms with Crippen LogP contribution in [0.4, 0.5) is 17.1 Å². The Labute approximate surface area is 415 Å². The first-order valence-electron chi connectivity index (χ1n) is 24.7. The fourth-order valence-corrected chi connectivity index (χ4v) is 11.8. The molecule has 0 bridgehead atoms. The highest BCUT2D eigenvalue weighted by Gasteiger charge is 2.28. The first-order valence-corrected chi connectivity index (χ1v) is 24.7. The molecule has 1 aliphatic rings. The summed E-state index contributed by atoms with van der Waals surface area (Å²) in [7, 11) is 0. The first-order chi connectivity index (χ1) is 35.7. The summed E-state index contributed by atoms with van der Waals surface area (Å²) in [6.07, 6.45) is 1.55. The van der Waals surface area contributed by atoms with E-state index in [-0.39, 0.29) is 0 Å². The monoisotopic (exact) mass is 921 g/mol. The Morgan fingerprint density at radius 3 is 1.65 bits per heavy atom. The lowest BCUT2D eigenvalue weighted by atomic mass is 9.80. The Hall–Kier alpha value is -9.38. The molecule has 3 aromatic heterocycles. The van der Waals surface area contributed by atoms with E-state index in [1.165, 1.54) is 44.5 Å². The molecule has 0 spiro atoms. The summed E-state index contributed by atoms with van der Waals surface area (Å²) in [5.41, 5.74) is 22.4. The van der Waals surface area contributed by atoms with Gasteiger partial charge in [0, 0.05) is 49.6 Å². The van der Waals surface area contributed by atoms with Gasteiger partial charge >= 0.3 is 0 Å². The maximum absolute atomic E-state index is 7.45. The molecule has 4 nitrogen and oxygen atoms in total. The molecular formula is C68H43NO3. The topological polar surface area (TPSA) is 42.7 Å². The van der Waals surface area contributed by atoms with Crippen LogP contribution in [0.25, 0.3) is 110 Å². The predicted molar refractivity (Wildman–Crippen MR) is 297 cm³/mol. The number of anilines is 3. The average molecular weight is 922 g/mol. The fourth-order valence-electron chi connectivity index (χ4n) is 11.8. The number of benzene rings is 11. The number of nitrogens with zero attached hydrogens (tertiary/aromatic N) is 1. The van der Waals surface area contributed by atoms with Crippen LogP contribution in [0, 0.1) is 0 Å². The number of fused-ring (bicyclic) bond motifs is 15. The second-order valence-electron chi connectivity index (χ2n) is 19.1.